The number of aryl methyl sites for hydroxylation is 1. The number of pyridine rings is 1. The highest BCUT2D eigenvalue weighted by atomic mass is 32.2. The van der Waals surface area contributed by atoms with Gasteiger partial charge in [0.2, 0.25) is 15.9 Å². The number of amides is 1. The minimum Gasteiger partial charge on any atom is -0.487 e. The number of nitrogens with zero attached hydrogens (tertiary/aromatic N) is 2. The highest BCUT2D eigenvalue weighted by Crippen LogP contribution is 2.26. The van der Waals surface area contributed by atoms with Gasteiger partial charge in [0.05, 0.1) is 10.6 Å². The van der Waals surface area contributed by atoms with Crippen molar-refractivity contribution >= 4 is 21.6 Å². The highest BCUT2D eigenvalue weighted by Gasteiger charge is 2.23. The van der Waals surface area contributed by atoms with Crippen LogP contribution in [0.2, 0.25) is 0 Å². The standard InChI is InChI=1S/C24H25N3O4S/c1-18-14-21(27-13-5-9-24(27)28)10-11-23(18)32(29,30)26-16-19-6-4-8-22(15-19)31-17-20-7-2-3-12-25-20/h2-4,6-8,10-12,14-15,26H,5,9,13,16-17H2,1H3. The fourth-order valence-corrected chi connectivity index (χ4v) is 4.91. The third-order valence-corrected chi connectivity index (χ3v) is 6.87. The van der Waals surface area contributed by atoms with Crippen LogP contribution in [0.5, 0.6) is 5.75 Å². The summed E-state index contributed by atoms with van der Waals surface area (Å²) in [4.78, 5) is 18.1. The van der Waals surface area contributed by atoms with Gasteiger partial charge >= 0.3 is 0 Å². The summed E-state index contributed by atoms with van der Waals surface area (Å²) in [5, 5.41) is 0. The number of hydrogen-bond acceptors (Lipinski definition) is 5. The van der Waals surface area contributed by atoms with Crippen molar-refractivity contribution in [3.05, 3.63) is 83.7 Å². The average Bonchev–Trinajstić information content (AvgIpc) is 3.23. The molecular formula is C24H25N3O4S. The summed E-state index contributed by atoms with van der Waals surface area (Å²) in [5.41, 5.74) is 2.93. The van der Waals surface area contributed by atoms with E-state index in [1.807, 2.05) is 36.4 Å². The lowest BCUT2D eigenvalue weighted by molar-refractivity contribution is -0.117. The van der Waals surface area contributed by atoms with Crippen molar-refractivity contribution in [2.45, 2.75) is 37.8 Å². The Morgan fingerprint density at radius 1 is 1.09 bits per heavy atom. The first kappa shape index (κ1) is 22.0. The largest absolute Gasteiger partial charge is 0.487 e. The van der Waals surface area contributed by atoms with Crippen LogP contribution in [0.4, 0.5) is 5.69 Å². The molecule has 0 radical (unpaired) electrons. The quantitative estimate of drug-likeness (QED) is 0.566. The van der Waals surface area contributed by atoms with E-state index in [4.69, 9.17) is 4.74 Å². The van der Waals surface area contributed by atoms with Gasteiger partial charge in [-0.2, -0.15) is 0 Å². The van der Waals surface area contributed by atoms with E-state index in [9.17, 15) is 13.2 Å². The number of anilines is 1. The molecule has 0 atom stereocenters. The molecule has 0 bridgehead atoms. The second-order valence-electron chi connectivity index (χ2n) is 7.68. The molecule has 1 aliphatic heterocycles. The maximum Gasteiger partial charge on any atom is 0.241 e. The van der Waals surface area contributed by atoms with Crippen LogP contribution in [0.25, 0.3) is 0 Å². The minimum absolute atomic E-state index is 0.0725. The van der Waals surface area contributed by atoms with Crippen LogP contribution in [0.15, 0.2) is 71.8 Å². The van der Waals surface area contributed by atoms with Crippen LogP contribution < -0.4 is 14.4 Å². The summed E-state index contributed by atoms with van der Waals surface area (Å²) in [5.74, 6) is 0.714. The molecule has 1 N–H and O–H groups in total. The van der Waals surface area contributed by atoms with E-state index in [2.05, 4.69) is 9.71 Å². The zero-order valence-corrected chi connectivity index (χ0v) is 18.6. The van der Waals surface area contributed by atoms with Crippen molar-refractivity contribution < 1.29 is 17.9 Å². The summed E-state index contributed by atoms with van der Waals surface area (Å²) in [6.45, 7) is 2.88. The monoisotopic (exact) mass is 451 g/mol. The third-order valence-electron chi connectivity index (χ3n) is 5.31. The molecule has 166 valence electrons. The number of carbonyl (C=O) groups is 1. The predicted octanol–water partition coefficient (Wildman–Crippen LogP) is 3.57. The molecule has 2 heterocycles. The average molecular weight is 452 g/mol. The van der Waals surface area contributed by atoms with E-state index >= 15 is 0 Å². The predicted molar refractivity (Wildman–Crippen MR) is 122 cm³/mol. The molecule has 7 nitrogen and oxygen atoms in total. The van der Waals surface area contributed by atoms with Crippen LogP contribution in [-0.4, -0.2) is 25.9 Å². The minimum atomic E-state index is -3.72. The van der Waals surface area contributed by atoms with Gasteiger partial charge in [0.1, 0.15) is 12.4 Å². The van der Waals surface area contributed by atoms with E-state index in [1.54, 1.807) is 42.3 Å². The highest BCUT2D eigenvalue weighted by molar-refractivity contribution is 7.89. The van der Waals surface area contributed by atoms with Crippen molar-refractivity contribution in [1.29, 1.82) is 0 Å². The Labute approximate surface area is 188 Å². The first-order chi connectivity index (χ1) is 15.4. The molecule has 1 fully saturated rings. The maximum absolute atomic E-state index is 12.9. The molecule has 1 aliphatic rings. The fourth-order valence-electron chi connectivity index (χ4n) is 3.67. The summed E-state index contributed by atoms with van der Waals surface area (Å²) in [7, 11) is -3.72. The molecule has 2 aromatic carbocycles. The molecule has 0 aliphatic carbocycles. The molecule has 32 heavy (non-hydrogen) atoms. The molecular weight excluding hydrogens is 426 g/mol. The normalized spacial score (nSPS) is 14.0. The third kappa shape index (κ3) is 5.15. The van der Waals surface area contributed by atoms with Gasteiger partial charge in [0.25, 0.3) is 0 Å². The smallest absolute Gasteiger partial charge is 0.241 e. The van der Waals surface area contributed by atoms with Crippen molar-refractivity contribution in [3.8, 4) is 5.75 Å². The molecule has 1 amide bonds. The Morgan fingerprint density at radius 3 is 2.69 bits per heavy atom. The number of benzene rings is 2. The van der Waals surface area contributed by atoms with Crippen LogP contribution in [0.3, 0.4) is 0 Å². The van der Waals surface area contributed by atoms with E-state index in [0.717, 1.165) is 23.4 Å². The SMILES string of the molecule is Cc1cc(N2CCCC2=O)ccc1S(=O)(=O)NCc1cccc(OCc2ccccn2)c1. The molecule has 0 unspecified atom stereocenters. The molecule has 1 aromatic heterocycles. The number of rotatable bonds is 8. The zero-order valence-electron chi connectivity index (χ0n) is 17.8. The van der Waals surface area contributed by atoms with Gasteiger partial charge in [-0.3, -0.25) is 9.78 Å². The zero-order chi connectivity index (χ0) is 22.6. The Hall–Kier alpha value is -3.23. The van der Waals surface area contributed by atoms with Gasteiger partial charge in [0, 0.05) is 31.4 Å². The number of sulfonamides is 1. The number of nitrogens with one attached hydrogen (secondary N) is 1. The fraction of sp³-hybridized carbons (Fsp3) is 0.250. The Morgan fingerprint density at radius 2 is 1.97 bits per heavy atom. The molecule has 8 heteroatoms. The van der Waals surface area contributed by atoms with Crippen molar-refractivity contribution in [2.24, 2.45) is 0 Å². The van der Waals surface area contributed by atoms with Crippen molar-refractivity contribution in [1.82, 2.24) is 9.71 Å². The number of hydrogen-bond donors (Lipinski definition) is 1. The Bertz CT molecular complexity index is 1210. The van der Waals surface area contributed by atoms with Gasteiger partial charge in [-0.05, 0) is 66.9 Å². The lowest BCUT2D eigenvalue weighted by Gasteiger charge is -2.18. The number of aromatic nitrogens is 1. The van der Waals surface area contributed by atoms with Crippen molar-refractivity contribution in [2.75, 3.05) is 11.4 Å². The topological polar surface area (TPSA) is 88.6 Å². The van der Waals surface area contributed by atoms with Gasteiger partial charge in [0.15, 0.2) is 0 Å². The lowest BCUT2D eigenvalue weighted by Crippen LogP contribution is -2.26. The van der Waals surface area contributed by atoms with Gasteiger partial charge in [-0.15, -0.1) is 0 Å². The summed E-state index contributed by atoms with van der Waals surface area (Å²) in [6.07, 6.45) is 3.07. The summed E-state index contributed by atoms with van der Waals surface area (Å²) >= 11 is 0. The summed E-state index contributed by atoms with van der Waals surface area (Å²) < 4.78 is 34.2. The molecule has 4 rings (SSSR count). The number of ether oxygens (including phenoxy) is 1. The lowest BCUT2D eigenvalue weighted by atomic mass is 10.2. The maximum atomic E-state index is 12.9. The van der Waals surface area contributed by atoms with Crippen molar-refractivity contribution in [3.63, 3.8) is 0 Å². The second kappa shape index (κ2) is 9.50. The van der Waals surface area contributed by atoms with E-state index in [-0.39, 0.29) is 17.3 Å². The Balaban J connectivity index is 1.41. The van der Waals surface area contributed by atoms with Crippen LogP contribution in [0.1, 0.15) is 29.7 Å². The number of carbonyl (C=O) groups excluding carboxylic acids is 1. The van der Waals surface area contributed by atoms with Gasteiger partial charge in [-0.25, -0.2) is 13.1 Å². The van der Waals surface area contributed by atoms with Crippen LogP contribution in [-0.2, 0) is 28.0 Å². The first-order valence-electron chi connectivity index (χ1n) is 10.4. The molecule has 0 saturated carbocycles. The second-order valence-corrected chi connectivity index (χ2v) is 9.42. The van der Waals surface area contributed by atoms with E-state index < -0.39 is 10.0 Å². The Kier molecular flexibility index (Phi) is 6.53. The van der Waals surface area contributed by atoms with Crippen LogP contribution >= 0.6 is 0 Å². The van der Waals surface area contributed by atoms with Crippen LogP contribution in [0, 0.1) is 6.92 Å². The molecule has 1 saturated heterocycles. The van der Waals surface area contributed by atoms with E-state index in [1.165, 1.54) is 0 Å². The summed E-state index contributed by atoms with van der Waals surface area (Å²) in [6, 6.07) is 17.9. The molecule has 0 spiro atoms. The first-order valence-corrected chi connectivity index (χ1v) is 11.9. The van der Waals surface area contributed by atoms with Gasteiger partial charge in [-0.1, -0.05) is 18.2 Å². The van der Waals surface area contributed by atoms with E-state index in [0.29, 0.717) is 30.9 Å². The molecule has 3 aromatic rings. The van der Waals surface area contributed by atoms with Gasteiger partial charge < -0.3 is 9.64 Å².